The van der Waals surface area contributed by atoms with Crippen LogP contribution in [0.3, 0.4) is 0 Å². The molecule has 0 radical (unpaired) electrons. The monoisotopic (exact) mass is 399 g/mol. The summed E-state index contributed by atoms with van der Waals surface area (Å²) in [4.78, 5) is 21.5. The quantitative estimate of drug-likeness (QED) is 0.703. The van der Waals surface area contributed by atoms with E-state index in [4.69, 9.17) is 5.11 Å². The highest BCUT2D eigenvalue weighted by atomic mass is 19.1. The fourth-order valence-corrected chi connectivity index (χ4v) is 3.77. The number of rotatable bonds is 4. The highest BCUT2D eigenvalue weighted by Gasteiger charge is 2.30. The molecule has 0 atom stereocenters. The molecule has 1 aliphatic rings. The second-order valence-corrected chi connectivity index (χ2v) is 6.87. The van der Waals surface area contributed by atoms with E-state index in [9.17, 15) is 13.6 Å². The van der Waals surface area contributed by atoms with Gasteiger partial charge in [0.2, 0.25) is 5.91 Å². The molecule has 0 saturated carbocycles. The van der Waals surface area contributed by atoms with Gasteiger partial charge in [-0.05, 0) is 31.0 Å². The van der Waals surface area contributed by atoms with Crippen molar-refractivity contribution in [3.05, 3.63) is 54.1 Å². The van der Waals surface area contributed by atoms with E-state index in [0.717, 1.165) is 5.69 Å². The minimum Gasteiger partial charge on any atom is -0.387 e. The minimum absolute atomic E-state index is 0.00112. The Labute approximate surface area is 165 Å². The van der Waals surface area contributed by atoms with Gasteiger partial charge in [-0.2, -0.15) is 5.10 Å². The minimum atomic E-state index is -0.707. The Balaban J connectivity index is 1.77. The summed E-state index contributed by atoms with van der Waals surface area (Å²) in [6.45, 7) is 0.447. The van der Waals surface area contributed by atoms with E-state index in [0.29, 0.717) is 37.2 Å². The van der Waals surface area contributed by atoms with Gasteiger partial charge in [-0.15, -0.1) is 0 Å². The molecule has 0 spiro atoms. The molecule has 0 aliphatic carbocycles. The van der Waals surface area contributed by atoms with Crippen LogP contribution in [0.2, 0.25) is 0 Å². The van der Waals surface area contributed by atoms with Gasteiger partial charge in [0.25, 0.3) is 0 Å². The molecule has 29 heavy (non-hydrogen) atoms. The SMILES string of the molecule is O=C(CO)N1CCC(c2[nH]nc(-c3c(F)cccc3F)c2-c2ccncn2)CC1. The Bertz CT molecular complexity index is 997. The van der Waals surface area contributed by atoms with Crippen LogP contribution in [0, 0.1) is 11.6 Å². The molecule has 1 aromatic carbocycles. The maximum Gasteiger partial charge on any atom is 0.248 e. The Kier molecular flexibility index (Phi) is 5.30. The third-order valence-electron chi connectivity index (χ3n) is 5.22. The van der Waals surface area contributed by atoms with Gasteiger partial charge in [-0.25, -0.2) is 18.7 Å². The Morgan fingerprint density at radius 1 is 1.17 bits per heavy atom. The van der Waals surface area contributed by atoms with Gasteiger partial charge < -0.3 is 10.0 Å². The van der Waals surface area contributed by atoms with Crippen molar-refractivity contribution < 1.29 is 18.7 Å². The Hall–Kier alpha value is -3.20. The number of aromatic nitrogens is 4. The first-order chi connectivity index (χ1) is 14.1. The molecule has 2 N–H and O–H groups in total. The van der Waals surface area contributed by atoms with Crippen LogP contribution in [0.25, 0.3) is 22.5 Å². The van der Waals surface area contributed by atoms with Gasteiger partial charge >= 0.3 is 0 Å². The fourth-order valence-electron chi connectivity index (χ4n) is 3.77. The molecule has 7 nitrogen and oxygen atoms in total. The Morgan fingerprint density at radius 3 is 2.52 bits per heavy atom. The molecule has 9 heteroatoms. The number of carbonyl (C=O) groups is 1. The predicted molar refractivity (Wildman–Crippen MR) is 101 cm³/mol. The topological polar surface area (TPSA) is 95.0 Å². The van der Waals surface area contributed by atoms with Crippen molar-refractivity contribution in [3.63, 3.8) is 0 Å². The number of nitrogens with one attached hydrogen (secondary N) is 1. The second kappa shape index (κ2) is 8.04. The van der Waals surface area contributed by atoms with Crippen molar-refractivity contribution >= 4 is 5.91 Å². The third kappa shape index (κ3) is 3.61. The van der Waals surface area contributed by atoms with Crippen LogP contribution < -0.4 is 0 Å². The molecule has 3 heterocycles. The number of carbonyl (C=O) groups excluding carboxylic acids is 1. The second-order valence-electron chi connectivity index (χ2n) is 6.87. The van der Waals surface area contributed by atoms with Gasteiger partial charge in [-0.3, -0.25) is 9.89 Å². The summed E-state index contributed by atoms with van der Waals surface area (Å²) in [7, 11) is 0. The highest BCUT2D eigenvalue weighted by molar-refractivity contribution is 5.82. The first kappa shape index (κ1) is 19.1. The predicted octanol–water partition coefficient (Wildman–Crippen LogP) is 2.51. The van der Waals surface area contributed by atoms with E-state index in [1.165, 1.54) is 24.5 Å². The molecule has 1 fully saturated rings. The number of H-pyrrole nitrogens is 1. The molecule has 1 aliphatic heterocycles. The summed E-state index contributed by atoms with van der Waals surface area (Å²) < 4.78 is 28.9. The van der Waals surface area contributed by atoms with Crippen molar-refractivity contribution in [2.45, 2.75) is 18.8 Å². The molecule has 1 amide bonds. The lowest BCUT2D eigenvalue weighted by Gasteiger charge is -2.31. The fraction of sp³-hybridized carbons (Fsp3) is 0.300. The van der Waals surface area contributed by atoms with E-state index in [1.807, 2.05) is 0 Å². The average molecular weight is 399 g/mol. The summed E-state index contributed by atoms with van der Waals surface area (Å²) in [5.41, 5.74) is 1.70. The summed E-state index contributed by atoms with van der Waals surface area (Å²) in [5, 5.41) is 16.3. The van der Waals surface area contributed by atoms with Crippen molar-refractivity contribution in [2.24, 2.45) is 0 Å². The van der Waals surface area contributed by atoms with Crippen LogP contribution in [-0.2, 0) is 4.79 Å². The van der Waals surface area contributed by atoms with Gasteiger partial charge in [0, 0.05) is 36.5 Å². The highest BCUT2D eigenvalue weighted by Crippen LogP contribution is 2.40. The van der Waals surface area contributed by atoms with E-state index >= 15 is 0 Å². The van der Waals surface area contributed by atoms with Crippen molar-refractivity contribution in [1.29, 1.82) is 0 Å². The van der Waals surface area contributed by atoms with Gasteiger partial charge in [0.15, 0.2) is 0 Å². The first-order valence-electron chi connectivity index (χ1n) is 9.27. The van der Waals surface area contributed by atoms with Crippen molar-refractivity contribution in [3.8, 4) is 22.5 Å². The maximum atomic E-state index is 14.5. The van der Waals surface area contributed by atoms with Gasteiger partial charge in [0.05, 0.1) is 11.3 Å². The van der Waals surface area contributed by atoms with E-state index in [2.05, 4.69) is 20.2 Å². The molecule has 1 saturated heterocycles. The van der Waals surface area contributed by atoms with Crippen LogP contribution in [-0.4, -0.2) is 55.8 Å². The molecule has 3 aromatic rings. The summed E-state index contributed by atoms with van der Waals surface area (Å²) in [6.07, 6.45) is 4.19. The molecular weight excluding hydrogens is 380 g/mol. The van der Waals surface area contributed by atoms with Crippen LogP contribution >= 0.6 is 0 Å². The van der Waals surface area contributed by atoms with Gasteiger partial charge in [0.1, 0.15) is 30.3 Å². The molecule has 0 unspecified atom stereocenters. The van der Waals surface area contributed by atoms with Crippen molar-refractivity contribution in [1.82, 2.24) is 25.1 Å². The largest absolute Gasteiger partial charge is 0.387 e. The first-order valence-corrected chi connectivity index (χ1v) is 9.27. The number of hydrogen-bond acceptors (Lipinski definition) is 5. The van der Waals surface area contributed by atoms with Crippen LogP contribution in [0.4, 0.5) is 8.78 Å². The Morgan fingerprint density at radius 2 is 1.90 bits per heavy atom. The molecular formula is C20H19F2N5O2. The summed E-state index contributed by atoms with van der Waals surface area (Å²) in [5.74, 6) is -1.72. The lowest BCUT2D eigenvalue weighted by molar-refractivity contribution is -0.135. The molecule has 2 aromatic heterocycles. The lowest BCUT2D eigenvalue weighted by atomic mass is 9.88. The van der Waals surface area contributed by atoms with E-state index in [-0.39, 0.29) is 23.1 Å². The molecule has 4 rings (SSSR count). The van der Waals surface area contributed by atoms with Crippen LogP contribution in [0.1, 0.15) is 24.5 Å². The van der Waals surface area contributed by atoms with Crippen LogP contribution in [0.5, 0.6) is 0 Å². The smallest absolute Gasteiger partial charge is 0.248 e. The number of halogens is 2. The number of hydrogen-bond donors (Lipinski definition) is 2. The number of nitrogens with zero attached hydrogens (tertiary/aromatic N) is 4. The van der Waals surface area contributed by atoms with E-state index < -0.39 is 18.2 Å². The zero-order valence-corrected chi connectivity index (χ0v) is 15.5. The van der Waals surface area contributed by atoms with Crippen molar-refractivity contribution in [2.75, 3.05) is 19.7 Å². The zero-order chi connectivity index (χ0) is 20.4. The number of benzene rings is 1. The molecule has 150 valence electrons. The third-order valence-corrected chi connectivity index (χ3v) is 5.22. The maximum absolute atomic E-state index is 14.5. The van der Waals surface area contributed by atoms with Gasteiger partial charge in [-0.1, -0.05) is 6.07 Å². The lowest BCUT2D eigenvalue weighted by Crippen LogP contribution is -2.39. The summed E-state index contributed by atoms with van der Waals surface area (Å²) >= 11 is 0. The van der Waals surface area contributed by atoms with Crippen LogP contribution in [0.15, 0.2) is 36.8 Å². The molecule has 0 bridgehead atoms. The number of piperidine rings is 1. The number of aromatic amines is 1. The number of amides is 1. The van der Waals surface area contributed by atoms with E-state index in [1.54, 1.807) is 17.2 Å². The number of likely N-dealkylation sites (tertiary alicyclic amines) is 1. The zero-order valence-electron chi connectivity index (χ0n) is 15.5. The summed E-state index contributed by atoms with van der Waals surface area (Å²) in [6, 6.07) is 5.35. The standard InChI is InChI=1S/C20H19F2N5O2/c21-13-2-1-3-14(22)17(13)20-18(15-4-7-23-11-24-15)19(25-26-20)12-5-8-27(9-6-12)16(29)10-28/h1-4,7,11-12,28H,5-6,8-10H2,(H,25,26). The number of aliphatic hydroxyl groups is 1. The normalized spacial score (nSPS) is 14.9. The number of aliphatic hydroxyl groups excluding tert-OH is 1. The average Bonchev–Trinajstić information content (AvgIpc) is 3.18.